The van der Waals surface area contributed by atoms with Crippen LogP contribution in [0.4, 0.5) is 30.7 Å². The van der Waals surface area contributed by atoms with Gasteiger partial charge in [-0.3, -0.25) is 0 Å². The van der Waals surface area contributed by atoms with Crippen LogP contribution < -0.4 is 4.74 Å². The second-order valence-corrected chi connectivity index (χ2v) is 10.4. The minimum atomic E-state index is -4.27. The summed E-state index contributed by atoms with van der Waals surface area (Å²) in [5.74, 6) is -5.55. The van der Waals surface area contributed by atoms with Crippen molar-refractivity contribution in [2.24, 2.45) is 0 Å². The Morgan fingerprint density at radius 3 is 1.61 bits per heavy atom. The minimum absolute atomic E-state index is 0.297. The summed E-state index contributed by atoms with van der Waals surface area (Å²) in [4.78, 5) is 0. The van der Waals surface area contributed by atoms with Crippen molar-refractivity contribution >= 4 is 0 Å². The summed E-state index contributed by atoms with van der Waals surface area (Å²) in [5.41, 5.74) is 1.74. The van der Waals surface area contributed by atoms with Crippen LogP contribution in [-0.4, -0.2) is 0 Å². The lowest BCUT2D eigenvalue weighted by Crippen LogP contribution is -2.25. The van der Waals surface area contributed by atoms with Gasteiger partial charge < -0.3 is 4.74 Å². The molecule has 0 aromatic heterocycles. The highest BCUT2D eigenvalue weighted by atomic mass is 19.3. The van der Waals surface area contributed by atoms with E-state index < -0.39 is 40.8 Å². The fraction of sp³-hybridized carbons (Fsp3) is 0.167. The van der Waals surface area contributed by atoms with Gasteiger partial charge in [0.1, 0.15) is 28.8 Å². The molecule has 0 atom stereocenters. The fourth-order valence-corrected chi connectivity index (χ4v) is 4.99. The van der Waals surface area contributed by atoms with Crippen LogP contribution in [0.2, 0.25) is 0 Å². The van der Waals surface area contributed by atoms with Crippen LogP contribution in [0.25, 0.3) is 33.4 Å². The summed E-state index contributed by atoms with van der Waals surface area (Å²) in [6.45, 7) is 1.98. The van der Waals surface area contributed by atoms with Crippen LogP contribution in [0.5, 0.6) is 5.75 Å². The number of unbranched alkanes of at least 4 members (excludes halogenated alkanes) is 2. The average Bonchev–Trinajstić information content (AvgIpc) is 2.98. The molecule has 5 rings (SSSR count). The largest absolute Gasteiger partial charge is 0.432 e. The van der Waals surface area contributed by atoms with Gasteiger partial charge in [0, 0.05) is 5.56 Å². The van der Waals surface area contributed by atoms with E-state index >= 15 is 4.39 Å². The maximum Gasteiger partial charge on any atom is 0.432 e. The average molecular weight is 609 g/mol. The number of alkyl halides is 2. The van der Waals surface area contributed by atoms with Crippen molar-refractivity contribution in [3.8, 4) is 39.1 Å². The normalized spacial score (nSPS) is 11.5. The van der Waals surface area contributed by atoms with Crippen molar-refractivity contribution < 1.29 is 35.5 Å². The van der Waals surface area contributed by atoms with E-state index in [1.165, 1.54) is 36.4 Å². The molecule has 1 nitrogen and oxygen atoms in total. The standard InChI is InChI=1S/C36H27F7O/c1-2-3-4-5-22-18-33(40)35(34(41)19-22)36(42,43)44-28-14-10-24(11-15-28)26-12-16-29(31(38)20-26)25-8-6-23(7-9-25)27-13-17-30(37)32(39)21-27/h6-21H,2-5H2,1H3. The Balaban J connectivity index is 1.29. The first-order chi connectivity index (χ1) is 21.1. The second-order valence-electron chi connectivity index (χ2n) is 10.4. The quantitative estimate of drug-likeness (QED) is 0.113. The van der Waals surface area contributed by atoms with Gasteiger partial charge >= 0.3 is 6.11 Å². The third kappa shape index (κ3) is 6.80. The molecule has 0 aliphatic rings. The molecule has 44 heavy (non-hydrogen) atoms. The van der Waals surface area contributed by atoms with Crippen LogP contribution in [0.15, 0.2) is 97.1 Å². The molecule has 0 saturated carbocycles. The Hall–Kier alpha value is -4.59. The molecule has 0 saturated heterocycles. The number of aryl methyl sites for hydroxylation is 1. The van der Waals surface area contributed by atoms with E-state index in [9.17, 15) is 26.3 Å². The topological polar surface area (TPSA) is 9.23 Å². The highest BCUT2D eigenvalue weighted by Crippen LogP contribution is 2.37. The van der Waals surface area contributed by atoms with E-state index in [-0.39, 0.29) is 5.75 Å². The number of rotatable bonds is 10. The highest BCUT2D eigenvalue weighted by molar-refractivity contribution is 5.74. The summed E-state index contributed by atoms with van der Waals surface area (Å²) >= 11 is 0. The molecule has 0 heterocycles. The highest BCUT2D eigenvalue weighted by Gasteiger charge is 2.41. The van der Waals surface area contributed by atoms with Crippen LogP contribution in [0.1, 0.15) is 37.3 Å². The Kier molecular flexibility index (Phi) is 9.09. The lowest BCUT2D eigenvalue weighted by molar-refractivity contribution is -0.189. The summed E-state index contributed by atoms with van der Waals surface area (Å²) < 4.78 is 106. The molecule has 0 spiro atoms. The number of halogens is 7. The van der Waals surface area contributed by atoms with Gasteiger partial charge in [0.2, 0.25) is 0 Å². The van der Waals surface area contributed by atoms with E-state index in [1.807, 2.05) is 6.92 Å². The molecule has 8 heteroatoms. The molecule has 0 aliphatic carbocycles. The van der Waals surface area contributed by atoms with E-state index in [0.717, 1.165) is 37.1 Å². The maximum atomic E-state index is 15.1. The van der Waals surface area contributed by atoms with Crippen LogP contribution >= 0.6 is 0 Å². The first kappa shape index (κ1) is 30.9. The molecule has 226 valence electrons. The monoisotopic (exact) mass is 608 g/mol. The molecule has 0 fully saturated rings. The third-order valence-corrected chi connectivity index (χ3v) is 7.31. The van der Waals surface area contributed by atoms with Crippen LogP contribution in [0, 0.1) is 29.1 Å². The number of ether oxygens (including phenoxy) is 1. The van der Waals surface area contributed by atoms with Crippen molar-refractivity contribution in [2.45, 2.75) is 38.7 Å². The lowest BCUT2D eigenvalue weighted by atomic mass is 9.97. The van der Waals surface area contributed by atoms with Crippen molar-refractivity contribution in [3.63, 3.8) is 0 Å². The van der Waals surface area contributed by atoms with Crippen molar-refractivity contribution in [2.75, 3.05) is 0 Å². The zero-order valence-corrected chi connectivity index (χ0v) is 23.6. The van der Waals surface area contributed by atoms with E-state index in [2.05, 4.69) is 0 Å². The molecule has 0 unspecified atom stereocenters. The Morgan fingerprint density at radius 1 is 0.523 bits per heavy atom. The van der Waals surface area contributed by atoms with Gasteiger partial charge in [0.05, 0.1) is 0 Å². The van der Waals surface area contributed by atoms with Crippen molar-refractivity contribution in [3.05, 3.63) is 137 Å². The predicted molar refractivity (Wildman–Crippen MR) is 157 cm³/mol. The van der Waals surface area contributed by atoms with Gasteiger partial charge in [0.25, 0.3) is 0 Å². The fourth-order valence-electron chi connectivity index (χ4n) is 4.99. The Bertz CT molecular complexity index is 1740. The lowest BCUT2D eigenvalue weighted by Gasteiger charge is -2.20. The van der Waals surface area contributed by atoms with Gasteiger partial charge in [-0.15, -0.1) is 0 Å². The Labute approximate surface area is 250 Å². The maximum absolute atomic E-state index is 15.1. The molecular weight excluding hydrogens is 581 g/mol. The first-order valence-electron chi connectivity index (χ1n) is 14.1. The van der Waals surface area contributed by atoms with E-state index in [4.69, 9.17) is 4.74 Å². The summed E-state index contributed by atoms with van der Waals surface area (Å²) in [5, 5.41) is 0. The van der Waals surface area contributed by atoms with Crippen molar-refractivity contribution in [1.29, 1.82) is 0 Å². The summed E-state index contributed by atoms with van der Waals surface area (Å²) in [6.07, 6.45) is -1.44. The SMILES string of the molecule is CCCCCc1cc(F)c(C(F)(F)Oc2ccc(-c3ccc(-c4ccc(-c5ccc(F)c(F)c5)cc4)c(F)c3)cc2)c(F)c1. The molecule has 5 aromatic carbocycles. The van der Waals surface area contributed by atoms with Gasteiger partial charge in [-0.25, -0.2) is 22.0 Å². The third-order valence-electron chi connectivity index (χ3n) is 7.31. The van der Waals surface area contributed by atoms with Crippen LogP contribution in [-0.2, 0) is 12.5 Å². The molecular formula is C36H27F7O. The Morgan fingerprint density at radius 2 is 1.05 bits per heavy atom. The molecule has 0 bridgehead atoms. The van der Waals surface area contributed by atoms with Gasteiger partial charge in [-0.1, -0.05) is 74.4 Å². The summed E-state index contributed by atoms with van der Waals surface area (Å²) in [7, 11) is 0. The van der Waals surface area contributed by atoms with Gasteiger partial charge in [-0.2, -0.15) is 8.78 Å². The number of hydrogen-bond donors (Lipinski definition) is 0. The van der Waals surface area contributed by atoms with E-state index in [1.54, 1.807) is 36.4 Å². The van der Waals surface area contributed by atoms with Crippen molar-refractivity contribution in [1.82, 2.24) is 0 Å². The van der Waals surface area contributed by atoms with E-state index in [0.29, 0.717) is 51.8 Å². The van der Waals surface area contributed by atoms with Gasteiger partial charge in [-0.05, 0) is 88.7 Å². The molecule has 0 aliphatic heterocycles. The first-order valence-corrected chi connectivity index (χ1v) is 14.1. The molecule has 5 aromatic rings. The van der Waals surface area contributed by atoms with Crippen LogP contribution in [0.3, 0.4) is 0 Å². The summed E-state index contributed by atoms with van der Waals surface area (Å²) in [6, 6.07) is 21.8. The second kappa shape index (κ2) is 13.0. The number of benzene rings is 5. The predicted octanol–water partition coefficient (Wildman–Crippen LogP) is 11.2. The minimum Gasteiger partial charge on any atom is -0.429 e. The number of hydrogen-bond acceptors (Lipinski definition) is 1. The molecule has 0 amide bonds. The molecule has 0 radical (unpaired) electrons. The zero-order chi connectivity index (χ0) is 31.4. The smallest absolute Gasteiger partial charge is 0.429 e. The zero-order valence-electron chi connectivity index (χ0n) is 23.6. The van der Waals surface area contributed by atoms with Gasteiger partial charge in [0.15, 0.2) is 11.6 Å². The molecule has 0 N–H and O–H groups in total.